The van der Waals surface area contributed by atoms with Crippen molar-refractivity contribution in [2.75, 3.05) is 20.3 Å². The van der Waals surface area contributed by atoms with Crippen LogP contribution in [0.3, 0.4) is 0 Å². The minimum atomic E-state index is -0.951. The molecule has 17 atom stereocenters. The Hall–Kier alpha value is -1.29. The first-order chi connectivity index (χ1) is 24.9. The quantitative estimate of drug-likeness (QED) is 0.223. The molecule has 0 radical (unpaired) electrons. The van der Waals surface area contributed by atoms with Crippen molar-refractivity contribution < 1.29 is 52.9 Å². The molecule has 4 N–H and O–H groups in total. The summed E-state index contributed by atoms with van der Waals surface area (Å²) in [5.74, 6) is -0.463. The summed E-state index contributed by atoms with van der Waals surface area (Å²) >= 11 is 0. The molecule has 7 saturated heterocycles. The van der Waals surface area contributed by atoms with Crippen molar-refractivity contribution in [3.05, 3.63) is 24.3 Å². The molecule has 7 rings (SSSR count). The third-order valence-corrected chi connectivity index (χ3v) is 13.1. The first-order valence-corrected chi connectivity index (χ1v) is 20.0. The van der Waals surface area contributed by atoms with Crippen LogP contribution in [0.5, 0.6) is 0 Å². The van der Waals surface area contributed by atoms with Crippen LogP contribution < -0.4 is 5.73 Å². The summed E-state index contributed by atoms with van der Waals surface area (Å²) in [7, 11) is 1.62. The molecule has 12 nitrogen and oxygen atoms in total. The molecule has 52 heavy (non-hydrogen) atoms. The number of Topliss-reactive ketones (excluding diaryl/α,β-unsaturated/α-hetero) is 1. The second-order valence-corrected chi connectivity index (χ2v) is 16.9. The summed E-state index contributed by atoms with van der Waals surface area (Å²) in [4.78, 5) is 13.4. The highest BCUT2D eigenvalue weighted by molar-refractivity contribution is 5.79. The number of methoxy groups -OCH3 is 1. The third-order valence-electron chi connectivity index (χ3n) is 13.1. The lowest BCUT2D eigenvalue weighted by Gasteiger charge is -2.47. The van der Waals surface area contributed by atoms with Crippen molar-refractivity contribution in [2.24, 2.45) is 17.6 Å². The average molecular weight is 734 g/mol. The van der Waals surface area contributed by atoms with Crippen molar-refractivity contribution in [2.45, 2.75) is 189 Å². The van der Waals surface area contributed by atoms with Crippen LogP contribution in [0.4, 0.5) is 0 Å². The molecule has 7 heterocycles. The molecule has 0 aromatic heterocycles. The molecule has 7 fully saturated rings. The van der Waals surface area contributed by atoms with E-state index < -0.39 is 24.1 Å². The van der Waals surface area contributed by atoms with Gasteiger partial charge in [0.05, 0.1) is 79.9 Å². The topological polar surface area (TPSA) is 157 Å². The molecule has 0 aromatic rings. The Balaban J connectivity index is 0.916. The number of aliphatic hydroxyl groups is 2. The van der Waals surface area contributed by atoms with E-state index in [0.717, 1.165) is 44.1 Å². The fourth-order valence-corrected chi connectivity index (χ4v) is 10.2. The van der Waals surface area contributed by atoms with Gasteiger partial charge in [-0.15, -0.1) is 0 Å². The largest absolute Gasteiger partial charge is 0.392 e. The predicted octanol–water partition coefficient (Wildman–Crippen LogP) is 3.67. The van der Waals surface area contributed by atoms with Crippen LogP contribution in [0, 0.1) is 11.8 Å². The highest BCUT2D eigenvalue weighted by Crippen LogP contribution is 2.49. The summed E-state index contributed by atoms with van der Waals surface area (Å²) in [6.45, 7) is 13.4. The number of rotatable bonds is 14. The van der Waals surface area contributed by atoms with Gasteiger partial charge in [0.25, 0.3) is 0 Å². The van der Waals surface area contributed by atoms with Crippen LogP contribution in [0.25, 0.3) is 0 Å². The lowest BCUT2D eigenvalue weighted by Crippen LogP contribution is -2.58. The van der Waals surface area contributed by atoms with Gasteiger partial charge in [0.1, 0.15) is 18.0 Å². The second kappa shape index (κ2) is 16.4. The molecule has 294 valence electrons. The zero-order valence-electron chi connectivity index (χ0n) is 31.4. The van der Waals surface area contributed by atoms with Gasteiger partial charge in [0.15, 0.2) is 5.79 Å². The highest BCUT2D eigenvalue weighted by atomic mass is 16.7. The van der Waals surface area contributed by atoms with Crippen LogP contribution in [0.2, 0.25) is 0 Å². The van der Waals surface area contributed by atoms with Gasteiger partial charge in [0, 0.05) is 58.1 Å². The second-order valence-electron chi connectivity index (χ2n) is 16.9. The zero-order valence-corrected chi connectivity index (χ0v) is 31.4. The number of aliphatic hydroxyl groups excluding tert-OH is 2. The minimum absolute atomic E-state index is 0.00967. The molecule has 0 amide bonds. The normalized spacial score (nSPS) is 46.6. The number of ketones is 1. The van der Waals surface area contributed by atoms with Crippen LogP contribution in [-0.4, -0.2) is 128 Å². The maximum absolute atomic E-state index is 13.4. The first-order valence-electron chi connectivity index (χ1n) is 20.0. The van der Waals surface area contributed by atoms with Gasteiger partial charge in [0.2, 0.25) is 0 Å². The van der Waals surface area contributed by atoms with E-state index >= 15 is 0 Å². The standard InChI is InChI=1S/C40H63NO11/c1-21-12-28(47-24(4)23(21)3)6-8-32-22(2)13-30(48-32)10-11-40-18-31(44)38(52-40)35-17-36(51-40)39-33(50-35)9-7-29(49-39)15-26(42)14-25-20-46-34(37(25)45-5)16-27(43)19-41/h21,24-25,27-39,43-44H,2-3,6-20,41H2,1,4-5H3/t21-,24-,25?,27?,28?,29?,30?,31-,32+,33?,34-,35?,36?,37-,38?,39+,40-/m1/s1. The summed E-state index contributed by atoms with van der Waals surface area (Å²) in [6, 6.07) is 0. The molecule has 7 aliphatic rings. The molecule has 12 heteroatoms. The fourth-order valence-electron chi connectivity index (χ4n) is 10.2. The van der Waals surface area contributed by atoms with E-state index in [1.54, 1.807) is 7.11 Å². The van der Waals surface area contributed by atoms with Gasteiger partial charge < -0.3 is 53.8 Å². The number of hydrogen-bond donors (Lipinski definition) is 3. The lowest BCUT2D eigenvalue weighted by molar-refractivity contribution is -0.277. The smallest absolute Gasteiger partial charge is 0.172 e. The number of carbonyl (C=O) groups is 1. The molecule has 0 spiro atoms. The Kier molecular flexibility index (Phi) is 12.3. The van der Waals surface area contributed by atoms with E-state index in [-0.39, 0.29) is 85.4 Å². The monoisotopic (exact) mass is 733 g/mol. The van der Waals surface area contributed by atoms with Crippen LogP contribution in [0.15, 0.2) is 24.3 Å². The minimum Gasteiger partial charge on any atom is -0.392 e. The van der Waals surface area contributed by atoms with E-state index in [9.17, 15) is 15.0 Å². The Morgan fingerprint density at radius 3 is 2.56 bits per heavy atom. The van der Waals surface area contributed by atoms with Crippen LogP contribution in [-0.2, 0) is 42.7 Å². The Morgan fingerprint density at radius 2 is 1.79 bits per heavy atom. The lowest BCUT2D eigenvalue weighted by atomic mass is 9.85. The number of nitrogens with two attached hydrogens (primary N) is 1. The van der Waals surface area contributed by atoms with E-state index in [0.29, 0.717) is 57.5 Å². The number of hydrogen-bond acceptors (Lipinski definition) is 12. The Bertz CT molecular complexity index is 1270. The highest BCUT2D eigenvalue weighted by Gasteiger charge is 2.59. The molecule has 0 aliphatic carbocycles. The fraction of sp³-hybridized carbons (Fsp3) is 0.875. The van der Waals surface area contributed by atoms with E-state index in [1.165, 1.54) is 5.57 Å². The van der Waals surface area contributed by atoms with E-state index in [4.69, 9.17) is 43.6 Å². The predicted molar refractivity (Wildman–Crippen MR) is 190 cm³/mol. The summed E-state index contributed by atoms with van der Waals surface area (Å²) in [6.07, 6.45) is 5.04. The third kappa shape index (κ3) is 8.43. The summed E-state index contributed by atoms with van der Waals surface area (Å²) < 4.78 is 51.0. The first kappa shape index (κ1) is 39.0. The van der Waals surface area contributed by atoms with Gasteiger partial charge in [-0.2, -0.15) is 0 Å². The summed E-state index contributed by atoms with van der Waals surface area (Å²) in [5.41, 5.74) is 7.90. The van der Waals surface area contributed by atoms with Gasteiger partial charge in [-0.25, -0.2) is 0 Å². The molecular formula is C40H63NO11. The molecule has 9 unspecified atom stereocenters. The molecule has 0 saturated carbocycles. The molecule has 4 bridgehead atoms. The van der Waals surface area contributed by atoms with Gasteiger partial charge in [-0.05, 0) is 68.9 Å². The molecular weight excluding hydrogens is 670 g/mol. The van der Waals surface area contributed by atoms with Crippen LogP contribution >= 0.6 is 0 Å². The Morgan fingerprint density at radius 1 is 0.962 bits per heavy atom. The number of carbonyl (C=O) groups excluding carboxylic acids is 1. The van der Waals surface area contributed by atoms with Crippen molar-refractivity contribution >= 4 is 5.78 Å². The SMILES string of the molecule is C=C1CC(CC[C@]23C[C@@H](O)C(O2)C2CC(O3)[C@H]3OC(CC(=O)CC4CO[C@H](CC(O)CN)[C@@H]4OC)CCC3O2)O[C@H]1CCC1C[C@@H](C)C(=C)[C@@H](C)O1. The Labute approximate surface area is 309 Å². The maximum atomic E-state index is 13.4. The van der Waals surface area contributed by atoms with Crippen molar-refractivity contribution in [3.63, 3.8) is 0 Å². The number of ether oxygens (including phenoxy) is 8. The zero-order chi connectivity index (χ0) is 36.7. The van der Waals surface area contributed by atoms with Gasteiger partial charge in [-0.3, -0.25) is 4.79 Å². The van der Waals surface area contributed by atoms with Gasteiger partial charge >= 0.3 is 0 Å². The molecule has 0 aromatic carbocycles. The maximum Gasteiger partial charge on any atom is 0.172 e. The van der Waals surface area contributed by atoms with Crippen LogP contribution in [0.1, 0.15) is 97.3 Å². The van der Waals surface area contributed by atoms with E-state index in [2.05, 4.69) is 27.0 Å². The molecule has 7 aliphatic heterocycles. The van der Waals surface area contributed by atoms with Gasteiger partial charge in [-0.1, -0.05) is 20.1 Å². The summed E-state index contributed by atoms with van der Waals surface area (Å²) in [5, 5.41) is 21.2. The van der Waals surface area contributed by atoms with Crippen molar-refractivity contribution in [3.8, 4) is 0 Å². The van der Waals surface area contributed by atoms with E-state index in [1.807, 2.05) is 0 Å². The average Bonchev–Trinajstić information content (AvgIpc) is 3.75. The van der Waals surface area contributed by atoms with Crippen molar-refractivity contribution in [1.82, 2.24) is 0 Å². The van der Waals surface area contributed by atoms with Crippen molar-refractivity contribution in [1.29, 1.82) is 0 Å². The number of fused-ring (bicyclic) bond motifs is 7.